The van der Waals surface area contributed by atoms with Crippen molar-refractivity contribution in [3.05, 3.63) is 30.3 Å². The van der Waals surface area contributed by atoms with Crippen molar-refractivity contribution in [3.63, 3.8) is 0 Å². The second-order valence-corrected chi connectivity index (χ2v) is 5.05. The molecule has 1 aliphatic heterocycles. The summed E-state index contributed by atoms with van der Waals surface area (Å²) in [6.45, 7) is 3.61. The third-order valence-electron chi connectivity index (χ3n) is 3.41. The maximum absolute atomic E-state index is 12.0. The van der Waals surface area contributed by atoms with Crippen molar-refractivity contribution in [2.24, 2.45) is 0 Å². The Bertz CT molecular complexity index is 455. The normalized spacial score (nSPS) is 15.9. The van der Waals surface area contributed by atoms with E-state index in [0.29, 0.717) is 0 Å². The van der Waals surface area contributed by atoms with Gasteiger partial charge in [-0.1, -0.05) is 18.2 Å². The molecule has 5 heteroatoms. The summed E-state index contributed by atoms with van der Waals surface area (Å²) in [7, 11) is 0. The van der Waals surface area contributed by atoms with Gasteiger partial charge in [0.1, 0.15) is 0 Å². The molecule has 1 aromatic carbocycles. The molecule has 1 aromatic rings. The van der Waals surface area contributed by atoms with Crippen LogP contribution in [0.2, 0.25) is 0 Å². The van der Waals surface area contributed by atoms with Crippen LogP contribution in [0.1, 0.15) is 19.8 Å². The van der Waals surface area contributed by atoms with Crippen LogP contribution in [0.25, 0.3) is 0 Å². The minimum atomic E-state index is -0.324. The van der Waals surface area contributed by atoms with Gasteiger partial charge in [0.25, 0.3) is 0 Å². The number of benzene rings is 1. The van der Waals surface area contributed by atoms with E-state index < -0.39 is 0 Å². The predicted octanol–water partition coefficient (Wildman–Crippen LogP) is 1.23. The second kappa shape index (κ2) is 7.05. The van der Waals surface area contributed by atoms with Gasteiger partial charge in [-0.05, 0) is 31.9 Å². The number of nitrogens with zero attached hydrogens (tertiary/aromatic N) is 1. The first kappa shape index (κ1) is 14.5. The Hall–Kier alpha value is -1.88. The molecule has 1 heterocycles. The molecule has 1 unspecified atom stereocenters. The Morgan fingerprint density at radius 2 is 1.85 bits per heavy atom. The predicted molar refractivity (Wildman–Crippen MR) is 78.4 cm³/mol. The molecule has 0 radical (unpaired) electrons. The third kappa shape index (κ3) is 4.06. The fourth-order valence-electron chi connectivity index (χ4n) is 2.27. The molecule has 108 valence electrons. The number of carbonyl (C=O) groups excluding carboxylic acids is 2. The van der Waals surface area contributed by atoms with Crippen LogP contribution < -0.4 is 10.6 Å². The molecular weight excluding hydrogens is 254 g/mol. The summed E-state index contributed by atoms with van der Waals surface area (Å²) in [5.41, 5.74) is 0.762. The highest BCUT2D eigenvalue weighted by molar-refractivity contribution is 5.92. The quantitative estimate of drug-likeness (QED) is 0.849. The number of likely N-dealkylation sites (tertiary alicyclic amines) is 1. The minimum Gasteiger partial charge on any atom is -0.341 e. The molecule has 0 saturated carbocycles. The standard InChI is InChI=1S/C15H21N3O2/c1-12(15(20)18-9-5-6-10-18)16-11-14(19)17-13-7-3-2-4-8-13/h2-4,7-8,12,16H,5-6,9-11H2,1H3,(H,17,19). The highest BCUT2D eigenvalue weighted by Gasteiger charge is 2.23. The number of nitrogens with one attached hydrogen (secondary N) is 2. The topological polar surface area (TPSA) is 61.4 Å². The van der Waals surface area contributed by atoms with E-state index in [-0.39, 0.29) is 24.4 Å². The van der Waals surface area contributed by atoms with E-state index in [4.69, 9.17) is 0 Å². The summed E-state index contributed by atoms with van der Waals surface area (Å²) < 4.78 is 0. The number of hydrogen-bond acceptors (Lipinski definition) is 3. The lowest BCUT2D eigenvalue weighted by molar-refractivity contribution is -0.132. The van der Waals surface area contributed by atoms with Crippen molar-refractivity contribution in [2.45, 2.75) is 25.8 Å². The average Bonchev–Trinajstić information content (AvgIpc) is 2.99. The summed E-state index contributed by atoms with van der Waals surface area (Å²) in [4.78, 5) is 25.7. The smallest absolute Gasteiger partial charge is 0.239 e. The molecule has 0 bridgehead atoms. The number of rotatable bonds is 5. The highest BCUT2D eigenvalue weighted by atomic mass is 16.2. The lowest BCUT2D eigenvalue weighted by Gasteiger charge is -2.21. The molecule has 2 N–H and O–H groups in total. The van der Waals surface area contributed by atoms with Crippen LogP contribution in [0.15, 0.2) is 30.3 Å². The summed E-state index contributed by atoms with van der Waals surface area (Å²) in [6, 6.07) is 8.96. The monoisotopic (exact) mass is 275 g/mol. The molecule has 20 heavy (non-hydrogen) atoms. The largest absolute Gasteiger partial charge is 0.341 e. The van der Waals surface area contributed by atoms with Crippen LogP contribution >= 0.6 is 0 Å². The zero-order valence-corrected chi connectivity index (χ0v) is 11.8. The van der Waals surface area contributed by atoms with E-state index in [1.54, 1.807) is 6.92 Å². The zero-order chi connectivity index (χ0) is 14.4. The van der Waals surface area contributed by atoms with Crippen molar-refractivity contribution in [1.82, 2.24) is 10.2 Å². The third-order valence-corrected chi connectivity index (χ3v) is 3.41. The van der Waals surface area contributed by atoms with Gasteiger partial charge < -0.3 is 10.2 Å². The van der Waals surface area contributed by atoms with Gasteiger partial charge >= 0.3 is 0 Å². The van der Waals surface area contributed by atoms with Crippen LogP contribution in [0, 0.1) is 0 Å². The number of anilines is 1. The Balaban J connectivity index is 1.73. The molecule has 5 nitrogen and oxygen atoms in total. The number of carbonyl (C=O) groups is 2. The van der Waals surface area contributed by atoms with E-state index >= 15 is 0 Å². The first-order chi connectivity index (χ1) is 9.66. The summed E-state index contributed by atoms with van der Waals surface area (Å²) in [6.07, 6.45) is 2.15. The fraction of sp³-hybridized carbons (Fsp3) is 0.467. The number of para-hydroxylation sites is 1. The maximum atomic E-state index is 12.0. The van der Waals surface area contributed by atoms with Crippen LogP contribution in [0.4, 0.5) is 5.69 Å². The van der Waals surface area contributed by atoms with Gasteiger partial charge in [0.2, 0.25) is 11.8 Å². The van der Waals surface area contributed by atoms with E-state index in [9.17, 15) is 9.59 Å². The van der Waals surface area contributed by atoms with Crippen LogP contribution in [-0.2, 0) is 9.59 Å². The molecule has 1 saturated heterocycles. The minimum absolute atomic E-state index is 0.0787. The van der Waals surface area contributed by atoms with Crippen molar-refractivity contribution < 1.29 is 9.59 Å². The second-order valence-electron chi connectivity index (χ2n) is 5.05. The van der Waals surface area contributed by atoms with Crippen LogP contribution in [-0.4, -0.2) is 42.4 Å². The van der Waals surface area contributed by atoms with Crippen molar-refractivity contribution >= 4 is 17.5 Å². The molecule has 1 atom stereocenters. The fourth-order valence-corrected chi connectivity index (χ4v) is 2.27. The Labute approximate surface area is 119 Å². The van der Waals surface area contributed by atoms with Gasteiger partial charge in [0.15, 0.2) is 0 Å². The van der Waals surface area contributed by atoms with E-state index in [2.05, 4.69) is 10.6 Å². The molecule has 0 spiro atoms. The zero-order valence-electron chi connectivity index (χ0n) is 11.8. The van der Waals surface area contributed by atoms with Crippen LogP contribution in [0.3, 0.4) is 0 Å². The van der Waals surface area contributed by atoms with E-state index in [1.165, 1.54) is 0 Å². The molecule has 0 aromatic heterocycles. The van der Waals surface area contributed by atoms with Gasteiger partial charge in [-0.25, -0.2) is 0 Å². The number of hydrogen-bond donors (Lipinski definition) is 2. The highest BCUT2D eigenvalue weighted by Crippen LogP contribution is 2.09. The Kier molecular flexibility index (Phi) is 5.12. The van der Waals surface area contributed by atoms with Gasteiger partial charge in [-0.15, -0.1) is 0 Å². The molecule has 0 aliphatic carbocycles. The number of amides is 2. The first-order valence-electron chi connectivity index (χ1n) is 7.04. The summed E-state index contributed by atoms with van der Waals surface area (Å²) in [5.74, 6) is -0.0627. The summed E-state index contributed by atoms with van der Waals surface area (Å²) in [5, 5.41) is 5.76. The molecular formula is C15H21N3O2. The average molecular weight is 275 g/mol. The molecule has 1 fully saturated rings. The first-order valence-corrected chi connectivity index (χ1v) is 7.04. The Morgan fingerprint density at radius 1 is 1.20 bits per heavy atom. The summed E-state index contributed by atoms with van der Waals surface area (Å²) >= 11 is 0. The van der Waals surface area contributed by atoms with Crippen molar-refractivity contribution in [1.29, 1.82) is 0 Å². The SMILES string of the molecule is CC(NCC(=O)Nc1ccccc1)C(=O)N1CCCC1. The molecule has 1 aliphatic rings. The van der Waals surface area contributed by atoms with Crippen LogP contribution in [0.5, 0.6) is 0 Å². The maximum Gasteiger partial charge on any atom is 0.239 e. The van der Waals surface area contributed by atoms with Gasteiger partial charge in [-0.3, -0.25) is 14.9 Å². The van der Waals surface area contributed by atoms with E-state index in [1.807, 2.05) is 35.2 Å². The lowest BCUT2D eigenvalue weighted by atomic mass is 10.3. The Morgan fingerprint density at radius 3 is 2.50 bits per heavy atom. The van der Waals surface area contributed by atoms with E-state index in [0.717, 1.165) is 31.6 Å². The van der Waals surface area contributed by atoms with Crippen molar-refractivity contribution in [3.8, 4) is 0 Å². The van der Waals surface area contributed by atoms with Gasteiger partial charge in [0, 0.05) is 18.8 Å². The molecule has 2 rings (SSSR count). The molecule has 2 amide bonds. The van der Waals surface area contributed by atoms with Gasteiger partial charge in [0.05, 0.1) is 12.6 Å². The van der Waals surface area contributed by atoms with Crippen molar-refractivity contribution in [2.75, 3.05) is 25.0 Å². The van der Waals surface area contributed by atoms with Gasteiger partial charge in [-0.2, -0.15) is 0 Å². The lowest BCUT2D eigenvalue weighted by Crippen LogP contribution is -2.45.